The summed E-state index contributed by atoms with van der Waals surface area (Å²) in [5.41, 5.74) is 1.71. The summed E-state index contributed by atoms with van der Waals surface area (Å²) in [6.45, 7) is -0.144. The number of hydrogen-bond donors (Lipinski definition) is 1. The number of carbonyl (C=O) groups is 1. The largest absolute Gasteiger partial charge is 0.497 e. The van der Waals surface area contributed by atoms with Crippen LogP contribution in [0, 0.1) is 17.5 Å². The molecule has 0 spiro atoms. The maximum atomic E-state index is 14.9. The number of methoxy groups -OCH3 is 1. The fourth-order valence-electron chi connectivity index (χ4n) is 3.42. The van der Waals surface area contributed by atoms with Crippen molar-refractivity contribution >= 4 is 5.97 Å². The summed E-state index contributed by atoms with van der Waals surface area (Å²) in [6, 6.07) is 18.9. The van der Waals surface area contributed by atoms with Crippen LogP contribution >= 0.6 is 0 Å². The van der Waals surface area contributed by atoms with Crippen LogP contribution in [0.1, 0.15) is 15.9 Å². The lowest BCUT2D eigenvalue weighted by Gasteiger charge is -2.10. The van der Waals surface area contributed by atoms with Gasteiger partial charge in [0.1, 0.15) is 5.75 Å². The zero-order chi connectivity index (χ0) is 24.2. The summed E-state index contributed by atoms with van der Waals surface area (Å²) >= 11 is 0. The molecule has 1 N–H and O–H groups in total. The number of hydrogen-bond acceptors (Lipinski definition) is 4. The number of aliphatic hydroxyl groups excluding tert-OH is 1. The van der Waals surface area contributed by atoms with Crippen LogP contribution in [0.25, 0.3) is 22.3 Å². The molecule has 4 aromatic carbocycles. The van der Waals surface area contributed by atoms with Crippen LogP contribution in [0.3, 0.4) is 0 Å². The monoisotopic (exact) mass is 464 g/mol. The van der Waals surface area contributed by atoms with Crippen LogP contribution in [0.4, 0.5) is 13.2 Å². The van der Waals surface area contributed by atoms with E-state index in [4.69, 9.17) is 14.6 Å². The molecule has 172 valence electrons. The van der Waals surface area contributed by atoms with Gasteiger partial charge in [-0.25, -0.2) is 18.0 Å². The number of aliphatic hydroxyl groups is 1. The second-order valence-electron chi connectivity index (χ2n) is 7.41. The number of ether oxygens (including phenoxy) is 2. The van der Waals surface area contributed by atoms with Gasteiger partial charge >= 0.3 is 5.97 Å². The van der Waals surface area contributed by atoms with Crippen LogP contribution in [0.2, 0.25) is 0 Å². The molecule has 0 aromatic heterocycles. The second-order valence-corrected chi connectivity index (χ2v) is 7.41. The molecule has 0 saturated heterocycles. The van der Waals surface area contributed by atoms with E-state index in [1.54, 1.807) is 24.3 Å². The number of esters is 1. The molecule has 0 saturated carbocycles. The van der Waals surface area contributed by atoms with E-state index >= 15 is 0 Å². The number of rotatable bonds is 6. The lowest BCUT2D eigenvalue weighted by atomic mass is 9.97. The molecule has 0 aliphatic rings. The second kappa shape index (κ2) is 9.80. The fourth-order valence-corrected chi connectivity index (χ4v) is 3.42. The molecule has 0 atom stereocenters. The topological polar surface area (TPSA) is 55.8 Å². The van der Waals surface area contributed by atoms with Gasteiger partial charge in [0.05, 0.1) is 19.3 Å². The van der Waals surface area contributed by atoms with E-state index in [0.29, 0.717) is 16.7 Å². The summed E-state index contributed by atoms with van der Waals surface area (Å²) in [5.74, 6) is -3.57. The van der Waals surface area contributed by atoms with Crippen LogP contribution < -0.4 is 9.47 Å². The van der Waals surface area contributed by atoms with Gasteiger partial charge in [0.25, 0.3) is 0 Å². The van der Waals surface area contributed by atoms with Gasteiger partial charge < -0.3 is 14.6 Å². The first-order valence-electron chi connectivity index (χ1n) is 10.3. The first-order chi connectivity index (χ1) is 16.4. The van der Waals surface area contributed by atoms with Crippen LogP contribution in [-0.2, 0) is 6.61 Å². The van der Waals surface area contributed by atoms with Crippen molar-refractivity contribution in [3.8, 4) is 33.8 Å². The third-order valence-electron chi connectivity index (χ3n) is 5.30. The first kappa shape index (κ1) is 23.1. The number of carbonyl (C=O) groups excluding carboxylic acids is 1. The molecule has 4 rings (SSSR count). The molecule has 0 radical (unpaired) electrons. The van der Waals surface area contributed by atoms with Crippen molar-refractivity contribution in [2.75, 3.05) is 7.11 Å². The highest BCUT2D eigenvalue weighted by Crippen LogP contribution is 2.32. The Morgan fingerprint density at radius 2 is 1.35 bits per heavy atom. The molecule has 4 nitrogen and oxygen atoms in total. The van der Waals surface area contributed by atoms with E-state index in [1.165, 1.54) is 55.6 Å². The van der Waals surface area contributed by atoms with Gasteiger partial charge in [-0.05, 0) is 41.0 Å². The zero-order valence-electron chi connectivity index (χ0n) is 18.0. The van der Waals surface area contributed by atoms with Crippen LogP contribution in [0.15, 0.2) is 78.9 Å². The predicted octanol–water partition coefficient (Wildman–Crippen LogP) is 6.16. The van der Waals surface area contributed by atoms with E-state index < -0.39 is 23.4 Å². The third-order valence-corrected chi connectivity index (χ3v) is 5.30. The van der Waals surface area contributed by atoms with Crippen molar-refractivity contribution in [3.05, 3.63) is 107 Å². The van der Waals surface area contributed by atoms with Gasteiger partial charge in [0.2, 0.25) is 0 Å². The lowest BCUT2D eigenvalue weighted by Crippen LogP contribution is -2.09. The molecule has 4 aromatic rings. The summed E-state index contributed by atoms with van der Waals surface area (Å²) in [4.78, 5) is 12.4. The highest BCUT2D eigenvalue weighted by Gasteiger charge is 2.17. The van der Waals surface area contributed by atoms with Crippen LogP contribution in [-0.4, -0.2) is 18.2 Å². The Morgan fingerprint density at radius 1 is 0.794 bits per heavy atom. The minimum atomic E-state index is -1.03. The summed E-state index contributed by atoms with van der Waals surface area (Å²) in [5, 5.41) is 9.14. The van der Waals surface area contributed by atoms with E-state index in [9.17, 15) is 18.0 Å². The van der Waals surface area contributed by atoms with Crippen LogP contribution in [0.5, 0.6) is 11.5 Å². The highest BCUT2D eigenvalue weighted by molar-refractivity contribution is 5.91. The summed E-state index contributed by atoms with van der Waals surface area (Å²) in [6.07, 6.45) is 0. The molecule has 0 aliphatic carbocycles. The predicted molar refractivity (Wildman–Crippen MR) is 121 cm³/mol. The molecule has 0 aliphatic heterocycles. The lowest BCUT2D eigenvalue weighted by molar-refractivity contribution is 0.0727. The Balaban J connectivity index is 1.55. The molecule has 34 heavy (non-hydrogen) atoms. The SMILES string of the molecule is COc1ccc(OC(=O)c2ccc(-c3ccc(-c4ccc(CO)cc4)c(F)c3F)cc2)c(F)c1. The maximum absolute atomic E-state index is 14.9. The summed E-state index contributed by atoms with van der Waals surface area (Å²) in [7, 11) is 1.39. The van der Waals surface area contributed by atoms with Crippen molar-refractivity contribution in [2.24, 2.45) is 0 Å². The molecule has 0 amide bonds. The Morgan fingerprint density at radius 3 is 1.85 bits per heavy atom. The van der Waals surface area contributed by atoms with E-state index in [2.05, 4.69) is 0 Å². The molecule has 7 heteroatoms. The van der Waals surface area contributed by atoms with Gasteiger partial charge in [-0.1, -0.05) is 48.5 Å². The molecule has 0 unspecified atom stereocenters. The van der Waals surface area contributed by atoms with Crippen molar-refractivity contribution in [1.82, 2.24) is 0 Å². The molecular formula is C27H19F3O4. The van der Waals surface area contributed by atoms with E-state index in [1.807, 2.05) is 0 Å². The smallest absolute Gasteiger partial charge is 0.343 e. The van der Waals surface area contributed by atoms with Crippen molar-refractivity contribution < 1.29 is 32.5 Å². The number of halogens is 3. The van der Waals surface area contributed by atoms with Gasteiger partial charge in [-0.3, -0.25) is 0 Å². The molecule has 0 heterocycles. The maximum Gasteiger partial charge on any atom is 0.343 e. The van der Waals surface area contributed by atoms with Gasteiger partial charge in [-0.15, -0.1) is 0 Å². The average molecular weight is 464 g/mol. The third kappa shape index (κ3) is 4.65. The quantitative estimate of drug-likeness (QED) is 0.274. The molecule has 0 bridgehead atoms. The Hall–Kier alpha value is -4.10. The minimum absolute atomic E-state index is 0.0225. The van der Waals surface area contributed by atoms with Crippen molar-refractivity contribution in [3.63, 3.8) is 0 Å². The zero-order valence-corrected chi connectivity index (χ0v) is 18.0. The van der Waals surface area contributed by atoms with Crippen molar-refractivity contribution in [2.45, 2.75) is 6.61 Å². The summed E-state index contributed by atoms with van der Waals surface area (Å²) < 4.78 is 53.7. The van der Waals surface area contributed by atoms with E-state index in [-0.39, 0.29) is 34.8 Å². The fraction of sp³-hybridized carbons (Fsp3) is 0.0741. The minimum Gasteiger partial charge on any atom is -0.497 e. The van der Waals surface area contributed by atoms with Crippen molar-refractivity contribution in [1.29, 1.82) is 0 Å². The van der Waals surface area contributed by atoms with Gasteiger partial charge in [0.15, 0.2) is 23.2 Å². The normalized spacial score (nSPS) is 10.7. The van der Waals surface area contributed by atoms with E-state index in [0.717, 1.165) is 6.07 Å². The average Bonchev–Trinajstić information content (AvgIpc) is 2.87. The highest BCUT2D eigenvalue weighted by atomic mass is 19.2. The molecular weight excluding hydrogens is 445 g/mol. The molecule has 0 fully saturated rings. The Labute approximate surface area is 193 Å². The first-order valence-corrected chi connectivity index (χ1v) is 10.3. The van der Waals surface area contributed by atoms with Gasteiger partial charge in [-0.2, -0.15) is 0 Å². The Bertz CT molecular complexity index is 1330. The van der Waals surface area contributed by atoms with Gasteiger partial charge in [0, 0.05) is 17.2 Å². The number of benzene rings is 4. The standard InChI is InChI=1S/C27H19F3O4/c1-33-20-10-13-24(23(28)14-20)34-27(32)19-8-6-18(7-9-19)22-12-11-21(25(29)26(22)30)17-4-2-16(15-31)3-5-17/h2-14,31H,15H2,1H3. The Kier molecular flexibility index (Phi) is 6.65.